The van der Waals surface area contributed by atoms with Gasteiger partial charge in [-0.15, -0.1) is 0 Å². The maximum absolute atomic E-state index is 13.1. The normalized spacial score (nSPS) is 15.4. The first-order chi connectivity index (χ1) is 14.5. The van der Waals surface area contributed by atoms with Crippen LogP contribution in [0.15, 0.2) is 48.5 Å². The summed E-state index contributed by atoms with van der Waals surface area (Å²) >= 11 is 0. The Kier molecular flexibility index (Phi) is 5.20. The molecular formula is C21H20N4O5. The van der Waals surface area contributed by atoms with Gasteiger partial charge in [-0.1, -0.05) is 0 Å². The molecule has 0 bridgehead atoms. The first kappa shape index (κ1) is 19.6. The number of phenols is 1. The summed E-state index contributed by atoms with van der Waals surface area (Å²) in [5, 5.41) is 27.8. The van der Waals surface area contributed by atoms with Gasteiger partial charge in [0.25, 0.3) is 11.6 Å². The van der Waals surface area contributed by atoms with Gasteiger partial charge in [0.05, 0.1) is 16.7 Å². The van der Waals surface area contributed by atoms with E-state index in [1.807, 2.05) is 0 Å². The van der Waals surface area contributed by atoms with E-state index in [-0.39, 0.29) is 17.3 Å². The van der Waals surface area contributed by atoms with Crippen LogP contribution in [0.5, 0.6) is 5.75 Å². The number of benzene rings is 2. The largest absolute Gasteiger partial charge is 0.508 e. The van der Waals surface area contributed by atoms with Gasteiger partial charge in [-0.3, -0.25) is 20.0 Å². The van der Waals surface area contributed by atoms with E-state index in [1.165, 1.54) is 12.1 Å². The first-order valence-electron chi connectivity index (χ1n) is 9.43. The van der Waals surface area contributed by atoms with E-state index >= 15 is 0 Å². The van der Waals surface area contributed by atoms with E-state index in [9.17, 15) is 20.0 Å². The highest BCUT2D eigenvalue weighted by molar-refractivity contribution is 6.00. The van der Waals surface area contributed by atoms with Crippen LogP contribution in [0.2, 0.25) is 0 Å². The Balaban J connectivity index is 1.80. The average molecular weight is 408 g/mol. The molecule has 0 radical (unpaired) electrons. The number of aromatic amines is 1. The summed E-state index contributed by atoms with van der Waals surface area (Å²) in [7, 11) is 1.61. The highest BCUT2D eigenvalue weighted by Gasteiger charge is 2.41. The number of non-ortho nitro benzene ring substituents is 1. The summed E-state index contributed by atoms with van der Waals surface area (Å²) < 4.78 is 5.13. The molecule has 4 rings (SSSR count). The number of ether oxygens (including phenoxy) is 1. The van der Waals surface area contributed by atoms with Gasteiger partial charge in [-0.25, -0.2) is 0 Å². The lowest BCUT2D eigenvalue weighted by atomic mass is 9.96. The second kappa shape index (κ2) is 7.96. The molecule has 0 fully saturated rings. The minimum atomic E-state index is -0.453. The Morgan fingerprint density at radius 2 is 1.90 bits per heavy atom. The number of aromatic nitrogens is 2. The van der Waals surface area contributed by atoms with E-state index in [1.54, 1.807) is 48.4 Å². The Morgan fingerprint density at radius 1 is 1.20 bits per heavy atom. The van der Waals surface area contributed by atoms with Crippen molar-refractivity contribution < 1.29 is 19.6 Å². The zero-order chi connectivity index (χ0) is 21.3. The number of nitrogens with one attached hydrogen (secondary N) is 1. The lowest BCUT2D eigenvalue weighted by Gasteiger charge is -2.26. The van der Waals surface area contributed by atoms with Crippen molar-refractivity contribution in [3.8, 4) is 17.0 Å². The van der Waals surface area contributed by atoms with Crippen molar-refractivity contribution in [3.05, 3.63) is 75.5 Å². The summed E-state index contributed by atoms with van der Waals surface area (Å²) in [5.41, 5.74) is 3.22. The number of H-pyrrole nitrogens is 1. The molecule has 0 saturated heterocycles. The second-order valence-electron chi connectivity index (χ2n) is 7.00. The van der Waals surface area contributed by atoms with Crippen molar-refractivity contribution in [2.45, 2.75) is 12.5 Å². The van der Waals surface area contributed by atoms with E-state index in [2.05, 4.69) is 10.2 Å². The molecule has 1 amide bonds. The van der Waals surface area contributed by atoms with Crippen LogP contribution in [0.25, 0.3) is 11.3 Å². The van der Waals surface area contributed by atoms with Crippen LogP contribution in [0, 0.1) is 10.1 Å². The molecule has 2 heterocycles. The fourth-order valence-electron chi connectivity index (χ4n) is 3.77. The summed E-state index contributed by atoms with van der Waals surface area (Å²) in [5.74, 6) is -0.0443. The topological polar surface area (TPSA) is 122 Å². The summed E-state index contributed by atoms with van der Waals surface area (Å²) in [4.78, 5) is 25.4. The van der Waals surface area contributed by atoms with E-state index in [0.29, 0.717) is 31.0 Å². The number of nitro benzene ring substituents is 1. The Hall–Kier alpha value is -3.72. The predicted molar refractivity (Wildman–Crippen MR) is 108 cm³/mol. The monoisotopic (exact) mass is 408 g/mol. The summed E-state index contributed by atoms with van der Waals surface area (Å²) in [6, 6.07) is 12.4. The van der Waals surface area contributed by atoms with Crippen molar-refractivity contribution in [1.29, 1.82) is 0 Å². The Bertz CT molecular complexity index is 1080. The molecule has 0 spiro atoms. The highest BCUT2D eigenvalue weighted by atomic mass is 16.6. The zero-order valence-electron chi connectivity index (χ0n) is 16.2. The van der Waals surface area contributed by atoms with Gasteiger partial charge in [-0.05, 0) is 48.4 Å². The number of hydrogen-bond donors (Lipinski definition) is 2. The molecule has 2 N–H and O–H groups in total. The Labute approximate surface area is 172 Å². The predicted octanol–water partition coefficient (Wildman–Crippen LogP) is 3.27. The Morgan fingerprint density at radius 3 is 2.53 bits per heavy atom. The molecule has 154 valence electrons. The summed E-state index contributed by atoms with van der Waals surface area (Å²) in [6.07, 6.45) is 0.651. The number of methoxy groups -OCH3 is 1. The third-order valence-corrected chi connectivity index (χ3v) is 5.17. The number of hydrogen-bond acceptors (Lipinski definition) is 6. The van der Waals surface area contributed by atoms with Crippen LogP contribution in [0.1, 0.15) is 34.1 Å². The van der Waals surface area contributed by atoms with Crippen molar-refractivity contribution >= 4 is 11.6 Å². The smallest absolute Gasteiger partial charge is 0.273 e. The fourth-order valence-corrected chi connectivity index (χ4v) is 3.77. The molecule has 3 aromatic rings. The third kappa shape index (κ3) is 3.39. The molecule has 1 aliphatic heterocycles. The lowest BCUT2D eigenvalue weighted by Crippen LogP contribution is -2.31. The van der Waals surface area contributed by atoms with E-state index < -0.39 is 11.0 Å². The van der Waals surface area contributed by atoms with Gasteiger partial charge in [0.1, 0.15) is 11.4 Å². The van der Waals surface area contributed by atoms with Crippen LogP contribution in [-0.2, 0) is 4.74 Å². The van der Waals surface area contributed by atoms with Gasteiger partial charge < -0.3 is 14.7 Å². The van der Waals surface area contributed by atoms with Crippen molar-refractivity contribution in [1.82, 2.24) is 15.1 Å². The number of carbonyl (C=O) groups is 1. The number of carbonyl (C=O) groups excluding carboxylic acids is 1. The van der Waals surface area contributed by atoms with E-state index in [4.69, 9.17) is 4.74 Å². The minimum absolute atomic E-state index is 0.0137. The van der Waals surface area contributed by atoms with Crippen molar-refractivity contribution in [2.24, 2.45) is 0 Å². The number of amides is 1. The minimum Gasteiger partial charge on any atom is -0.508 e. The first-order valence-corrected chi connectivity index (χ1v) is 9.43. The average Bonchev–Trinajstić information content (AvgIpc) is 3.28. The van der Waals surface area contributed by atoms with Crippen LogP contribution in [0.3, 0.4) is 0 Å². The van der Waals surface area contributed by atoms with E-state index in [0.717, 1.165) is 16.7 Å². The molecule has 1 atom stereocenters. The molecule has 9 nitrogen and oxygen atoms in total. The van der Waals surface area contributed by atoms with Crippen LogP contribution < -0.4 is 0 Å². The molecule has 1 aliphatic rings. The SMILES string of the molecule is COCCCN1C(=O)c2[nH]nc(-c3ccc(O)cc3)c2C1c1ccc([N+](=O)[O-])cc1. The van der Waals surface area contributed by atoms with Gasteiger partial charge in [0, 0.05) is 43.5 Å². The molecular weight excluding hydrogens is 388 g/mol. The molecule has 2 aromatic carbocycles. The van der Waals surface area contributed by atoms with Crippen LogP contribution in [-0.4, -0.2) is 51.3 Å². The number of phenolic OH excluding ortho intramolecular Hbond substituents is 1. The number of aromatic hydroxyl groups is 1. The fraction of sp³-hybridized carbons (Fsp3) is 0.238. The maximum atomic E-state index is 13.1. The zero-order valence-corrected chi connectivity index (χ0v) is 16.2. The second-order valence-corrected chi connectivity index (χ2v) is 7.00. The number of nitrogens with zero attached hydrogens (tertiary/aromatic N) is 3. The quantitative estimate of drug-likeness (QED) is 0.351. The van der Waals surface area contributed by atoms with Gasteiger partial charge >= 0.3 is 0 Å². The number of rotatable bonds is 7. The maximum Gasteiger partial charge on any atom is 0.273 e. The van der Waals surface area contributed by atoms with Gasteiger partial charge in [0.15, 0.2) is 0 Å². The number of fused-ring (bicyclic) bond motifs is 1. The van der Waals surface area contributed by atoms with Crippen LogP contribution >= 0.6 is 0 Å². The third-order valence-electron chi connectivity index (χ3n) is 5.17. The molecule has 30 heavy (non-hydrogen) atoms. The molecule has 0 aliphatic carbocycles. The van der Waals surface area contributed by atoms with Gasteiger partial charge in [-0.2, -0.15) is 5.10 Å². The van der Waals surface area contributed by atoms with Crippen molar-refractivity contribution in [2.75, 3.05) is 20.3 Å². The molecule has 9 heteroatoms. The summed E-state index contributed by atoms with van der Waals surface area (Å²) in [6.45, 7) is 0.972. The molecule has 0 saturated carbocycles. The molecule has 1 unspecified atom stereocenters. The van der Waals surface area contributed by atoms with Gasteiger partial charge in [0.2, 0.25) is 0 Å². The highest BCUT2D eigenvalue weighted by Crippen LogP contribution is 2.43. The number of nitro groups is 1. The molecule has 1 aromatic heterocycles. The van der Waals surface area contributed by atoms with Crippen molar-refractivity contribution in [3.63, 3.8) is 0 Å². The van der Waals surface area contributed by atoms with Crippen LogP contribution in [0.4, 0.5) is 5.69 Å². The standard InChI is InChI=1S/C21H20N4O5/c1-30-12-2-11-24-20(14-3-7-15(8-4-14)25(28)29)17-18(22-23-19(17)21(24)27)13-5-9-16(26)10-6-13/h3-10,20,26H,2,11-12H2,1H3,(H,22,23). The lowest BCUT2D eigenvalue weighted by molar-refractivity contribution is -0.384.